The molecule has 0 N–H and O–H groups in total. The van der Waals surface area contributed by atoms with Crippen molar-refractivity contribution in [3.63, 3.8) is 0 Å². The van der Waals surface area contributed by atoms with Gasteiger partial charge in [0.05, 0.1) is 6.61 Å². The van der Waals surface area contributed by atoms with E-state index in [4.69, 9.17) is 4.74 Å². The summed E-state index contributed by atoms with van der Waals surface area (Å²) in [6.07, 6.45) is 1.75. The van der Waals surface area contributed by atoms with Crippen molar-refractivity contribution in [2.24, 2.45) is 0 Å². The molecule has 0 radical (unpaired) electrons. The first-order valence-electron chi connectivity index (χ1n) is 6.14. The second-order valence-electron chi connectivity index (χ2n) is 4.27. The average molecular weight is 302 g/mol. The van der Waals surface area contributed by atoms with Gasteiger partial charge in [-0.1, -0.05) is 43.7 Å². The molecular weight excluding hydrogens is 287 g/mol. The molecule has 0 unspecified atom stereocenters. The van der Waals surface area contributed by atoms with Crippen LogP contribution in [0.15, 0.2) is 41.3 Å². The molecule has 0 aliphatic heterocycles. The second kappa shape index (κ2) is 7.43. The molecule has 0 saturated heterocycles. The van der Waals surface area contributed by atoms with Gasteiger partial charge in [-0.05, 0) is 17.9 Å². The summed E-state index contributed by atoms with van der Waals surface area (Å²) >= 11 is 0. The van der Waals surface area contributed by atoms with Crippen molar-refractivity contribution in [2.45, 2.75) is 24.7 Å². The number of ether oxygens (including phenoxy) is 1. The van der Waals surface area contributed by atoms with Crippen molar-refractivity contribution in [3.8, 4) is 5.75 Å². The average Bonchev–Trinajstić information content (AvgIpc) is 2.37. The van der Waals surface area contributed by atoms with Crippen molar-refractivity contribution in [1.82, 2.24) is 0 Å². The first kappa shape index (κ1) is 17.5. The predicted octanol–water partition coefficient (Wildman–Crippen LogP) is -0.0732. The van der Waals surface area contributed by atoms with E-state index in [0.29, 0.717) is 17.4 Å². The van der Waals surface area contributed by atoms with Crippen LogP contribution in [-0.2, 0) is 10.1 Å². The van der Waals surface area contributed by atoms with Crippen LogP contribution in [0.25, 0.3) is 10.8 Å². The first-order valence-corrected chi connectivity index (χ1v) is 7.55. The minimum absolute atomic E-state index is 0. The zero-order valence-corrected chi connectivity index (χ0v) is 14.4. The van der Waals surface area contributed by atoms with Crippen LogP contribution >= 0.6 is 0 Å². The van der Waals surface area contributed by atoms with Crippen LogP contribution < -0.4 is 34.3 Å². The van der Waals surface area contributed by atoms with Crippen LogP contribution in [0, 0.1) is 0 Å². The summed E-state index contributed by atoms with van der Waals surface area (Å²) in [6, 6.07) is 10.2. The van der Waals surface area contributed by atoms with Crippen LogP contribution in [0.4, 0.5) is 0 Å². The van der Waals surface area contributed by atoms with Crippen molar-refractivity contribution in [3.05, 3.63) is 36.4 Å². The summed E-state index contributed by atoms with van der Waals surface area (Å²) in [4.78, 5) is -0.262. The van der Waals surface area contributed by atoms with Gasteiger partial charge in [-0.25, -0.2) is 8.42 Å². The van der Waals surface area contributed by atoms with Crippen LogP contribution in [0.1, 0.15) is 19.8 Å². The standard InChI is InChI=1S/C14H16O4S.Na/c1-2-3-10-18-13-9-8-11-6-4-5-7-12(11)14(13)19(15,16)17;/h4-9H,2-3,10H2,1H3,(H,15,16,17);/q;+1/p-1. The largest absolute Gasteiger partial charge is 1.00 e. The molecule has 0 saturated carbocycles. The van der Waals surface area contributed by atoms with Crippen molar-refractivity contribution >= 4 is 20.9 Å². The van der Waals surface area contributed by atoms with Crippen molar-refractivity contribution < 1.29 is 47.3 Å². The number of fused-ring (bicyclic) bond motifs is 1. The third-order valence-corrected chi connectivity index (χ3v) is 3.77. The number of benzene rings is 2. The molecular formula is C14H15NaO4S. The molecule has 6 heteroatoms. The van der Waals surface area contributed by atoms with E-state index in [0.717, 1.165) is 12.8 Å². The zero-order valence-electron chi connectivity index (χ0n) is 11.6. The molecule has 20 heavy (non-hydrogen) atoms. The molecule has 2 rings (SSSR count). The molecule has 0 atom stereocenters. The molecule has 0 aliphatic carbocycles. The molecule has 102 valence electrons. The van der Waals surface area contributed by atoms with Gasteiger partial charge in [-0.15, -0.1) is 0 Å². The maximum atomic E-state index is 11.5. The van der Waals surface area contributed by atoms with E-state index in [9.17, 15) is 13.0 Å². The maximum absolute atomic E-state index is 11.5. The Hall–Kier alpha value is -0.590. The van der Waals surface area contributed by atoms with Gasteiger partial charge in [0.25, 0.3) is 0 Å². The van der Waals surface area contributed by atoms with E-state index in [1.807, 2.05) is 6.92 Å². The minimum atomic E-state index is -4.57. The van der Waals surface area contributed by atoms with Gasteiger partial charge in [-0.3, -0.25) is 0 Å². The van der Waals surface area contributed by atoms with E-state index in [-0.39, 0.29) is 40.2 Å². The van der Waals surface area contributed by atoms with Gasteiger partial charge in [0.2, 0.25) is 0 Å². The summed E-state index contributed by atoms with van der Waals surface area (Å²) in [5.74, 6) is 0.141. The minimum Gasteiger partial charge on any atom is -0.744 e. The van der Waals surface area contributed by atoms with E-state index in [2.05, 4.69) is 0 Å². The number of hydrogen-bond donors (Lipinski definition) is 0. The molecule has 0 aromatic heterocycles. The molecule has 0 spiro atoms. The van der Waals surface area contributed by atoms with Gasteiger partial charge >= 0.3 is 29.6 Å². The van der Waals surface area contributed by atoms with E-state index in [1.165, 1.54) is 0 Å². The molecule has 0 amide bonds. The summed E-state index contributed by atoms with van der Waals surface area (Å²) in [6.45, 7) is 2.41. The monoisotopic (exact) mass is 302 g/mol. The molecule has 0 fully saturated rings. The number of hydrogen-bond acceptors (Lipinski definition) is 4. The zero-order chi connectivity index (χ0) is 13.9. The molecule has 2 aromatic rings. The fourth-order valence-electron chi connectivity index (χ4n) is 1.92. The van der Waals surface area contributed by atoms with Crippen molar-refractivity contribution in [1.29, 1.82) is 0 Å². The van der Waals surface area contributed by atoms with Crippen LogP contribution in [0.3, 0.4) is 0 Å². The number of rotatable bonds is 5. The predicted molar refractivity (Wildman–Crippen MR) is 72.3 cm³/mol. The van der Waals surface area contributed by atoms with E-state index in [1.54, 1.807) is 36.4 Å². The Labute approximate surface area is 141 Å². The summed E-state index contributed by atoms with van der Waals surface area (Å²) in [5, 5.41) is 1.12. The Morgan fingerprint density at radius 1 is 1.15 bits per heavy atom. The third kappa shape index (κ3) is 3.96. The Balaban J connectivity index is 0.00000200. The quantitative estimate of drug-likeness (QED) is 0.440. The molecule has 0 aliphatic rings. The Bertz CT molecular complexity index is 683. The summed E-state index contributed by atoms with van der Waals surface area (Å²) in [7, 11) is -4.57. The summed E-state index contributed by atoms with van der Waals surface area (Å²) < 4.78 is 39.8. The smallest absolute Gasteiger partial charge is 0.744 e. The van der Waals surface area contributed by atoms with E-state index < -0.39 is 10.1 Å². The van der Waals surface area contributed by atoms with Gasteiger partial charge in [-0.2, -0.15) is 0 Å². The van der Waals surface area contributed by atoms with Gasteiger partial charge in [0.1, 0.15) is 20.8 Å². The van der Waals surface area contributed by atoms with E-state index >= 15 is 0 Å². The van der Waals surface area contributed by atoms with Gasteiger partial charge < -0.3 is 9.29 Å². The van der Waals surface area contributed by atoms with Crippen molar-refractivity contribution in [2.75, 3.05) is 6.61 Å². The molecule has 0 bridgehead atoms. The Kier molecular flexibility index (Phi) is 6.48. The van der Waals surface area contributed by atoms with Crippen LogP contribution in [0.2, 0.25) is 0 Å². The fraction of sp³-hybridized carbons (Fsp3) is 0.286. The fourth-order valence-corrected chi connectivity index (χ4v) is 2.75. The SMILES string of the molecule is CCCCOc1ccc2ccccc2c1S(=O)(=O)[O-].[Na+]. The second-order valence-corrected chi connectivity index (χ2v) is 5.59. The van der Waals surface area contributed by atoms with Gasteiger partial charge in [0.15, 0.2) is 0 Å². The topological polar surface area (TPSA) is 66.4 Å². The molecule has 2 aromatic carbocycles. The van der Waals surface area contributed by atoms with Crippen LogP contribution in [-0.4, -0.2) is 19.6 Å². The summed E-state index contributed by atoms with van der Waals surface area (Å²) in [5.41, 5.74) is 0. The molecule has 4 nitrogen and oxygen atoms in total. The third-order valence-electron chi connectivity index (χ3n) is 2.85. The maximum Gasteiger partial charge on any atom is 1.00 e. The first-order chi connectivity index (χ1) is 9.04. The molecule has 0 heterocycles. The van der Waals surface area contributed by atoms with Gasteiger partial charge in [0, 0.05) is 5.39 Å². The number of unbranched alkanes of at least 4 members (excludes halogenated alkanes) is 1. The Morgan fingerprint density at radius 3 is 2.50 bits per heavy atom. The van der Waals surface area contributed by atoms with Crippen LogP contribution in [0.5, 0.6) is 5.75 Å². The normalized spacial score (nSPS) is 11.1. The Morgan fingerprint density at radius 2 is 1.85 bits per heavy atom.